The SMILES string of the molecule is CCC[Si](CCC)(c1cc(CC)cc(CC)c1)C1(C)[C-]=C(C)C(C)=C1C.[CH3-].[CH3-].[Ti+3]. The Bertz CT molecular complexity index is 685. The third kappa shape index (κ3) is 5.47. The Kier molecular flexibility index (Phi) is 13.3. The average molecular weight is 446 g/mol. The van der Waals surface area contributed by atoms with Gasteiger partial charge in [0.25, 0.3) is 0 Å². The van der Waals surface area contributed by atoms with Gasteiger partial charge in [-0.2, -0.15) is 11.1 Å². The molecule has 0 amide bonds. The van der Waals surface area contributed by atoms with E-state index in [1.54, 1.807) is 10.8 Å². The maximum absolute atomic E-state index is 4.02. The average Bonchev–Trinajstić information content (AvgIpc) is 2.84. The molecule has 0 fully saturated rings. The third-order valence-corrected chi connectivity index (χ3v) is 13.6. The molecule has 0 aromatic heterocycles. The van der Waals surface area contributed by atoms with Crippen LogP contribution in [0.1, 0.15) is 79.4 Å². The molecule has 1 atom stereocenters. The van der Waals surface area contributed by atoms with Gasteiger partial charge in [0.2, 0.25) is 0 Å². The summed E-state index contributed by atoms with van der Waals surface area (Å²) >= 11 is 0. The molecule has 1 radical (unpaired) electrons. The zero-order valence-corrected chi connectivity index (χ0v) is 23.5. The van der Waals surface area contributed by atoms with Crippen molar-refractivity contribution in [3.63, 3.8) is 0 Å². The molecule has 0 N–H and O–H groups in total. The largest absolute Gasteiger partial charge is 3.00 e. The molecule has 0 aliphatic heterocycles. The number of hydrogen-bond acceptors (Lipinski definition) is 0. The van der Waals surface area contributed by atoms with Crippen molar-refractivity contribution in [2.45, 2.75) is 98.2 Å². The second-order valence-corrected chi connectivity index (χ2v) is 13.2. The van der Waals surface area contributed by atoms with Crippen LogP contribution >= 0.6 is 0 Å². The van der Waals surface area contributed by atoms with Crippen LogP contribution in [0.3, 0.4) is 0 Å². The van der Waals surface area contributed by atoms with Gasteiger partial charge in [-0.05, 0) is 24.0 Å². The van der Waals surface area contributed by atoms with Crippen molar-refractivity contribution >= 4 is 13.3 Å². The Balaban J connectivity index is 0. The molecule has 1 aliphatic rings. The number of hydrogen-bond donors (Lipinski definition) is 0. The molecule has 2 heteroatoms. The maximum atomic E-state index is 4.02. The van der Waals surface area contributed by atoms with E-state index in [9.17, 15) is 0 Å². The molecule has 0 spiro atoms. The van der Waals surface area contributed by atoms with Gasteiger partial charge in [0.1, 0.15) is 0 Å². The van der Waals surface area contributed by atoms with Gasteiger partial charge in [-0.3, -0.25) is 6.08 Å². The first-order valence-electron chi connectivity index (χ1n) is 10.7. The summed E-state index contributed by atoms with van der Waals surface area (Å²) in [5, 5.41) is 1.82. The van der Waals surface area contributed by atoms with Crippen LogP contribution in [-0.2, 0) is 34.6 Å². The van der Waals surface area contributed by atoms with Gasteiger partial charge in [0.05, 0.1) is 8.07 Å². The standard InChI is InChI=1S/C25H39Si.2CH3.Ti/c1-9-13-26(14-10-2,25(8)18-19(5)20(6)21(25)7)24-16-22(11-3)15-23(12-4)17-24;;;/h15-17H,9-14H2,1-8H3;2*1H3;/q3*-1;+3. The Morgan fingerprint density at radius 1 is 0.828 bits per heavy atom. The molecule has 29 heavy (non-hydrogen) atoms. The predicted octanol–water partition coefficient (Wildman–Crippen LogP) is 8.05. The van der Waals surface area contributed by atoms with Crippen LogP contribution in [0.2, 0.25) is 17.1 Å². The Hall–Kier alpha value is -0.369. The van der Waals surface area contributed by atoms with Crippen molar-refractivity contribution in [3.8, 4) is 0 Å². The van der Waals surface area contributed by atoms with Gasteiger partial charge >= 0.3 is 21.7 Å². The first kappa shape index (κ1) is 30.8. The molecule has 1 aliphatic carbocycles. The first-order valence-corrected chi connectivity index (χ1v) is 13.1. The van der Waals surface area contributed by atoms with E-state index in [1.165, 1.54) is 47.2 Å². The van der Waals surface area contributed by atoms with Crippen molar-refractivity contribution < 1.29 is 21.7 Å². The predicted molar refractivity (Wildman–Crippen MR) is 133 cm³/mol. The zero-order chi connectivity index (χ0) is 19.5. The summed E-state index contributed by atoms with van der Waals surface area (Å²) in [6.45, 7) is 18.8. The summed E-state index contributed by atoms with van der Waals surface area (Å²) in [7, 11) is -1.79. The van der Waals surface area contributed by atoms with E-state index >= 15 is 0 Å². The van der Waals surface area contributed by atoms with Gasteiger partial charge in [0.15, 0.2) is 0 Å². The van der Waals surface area contributed by atoms with Crippen molar-refractivity contribution in [2.24, 2.45) is 0 Å². The molecule has 1 unspecified atom stereocenters. The van der Waals surface area contributed by atoms with Crippen LogP contribution in [-0.4, -0.2) is 8.07 Å². The molecule has 1 aromatic carbocycles. The minimum absolute atomic E-state index is 0. The summed E-state index contributed by atoms with van der Waals surface area (Å²) in [6.07, 6.45) is 8.82. The first-order chi connectivity index (χ1) is 12.3. The van der Waals surface area contributed by atoms with Crippen molar-refractivity contribution in [1.82, 2.24) is 0 Å². The summed E-state index contributed by atoms with van der Waals surface area (Å²) in [5.74, 6) is 0. The van der Waals surface area contributed by atoms with E-state index in [-0.39, 0.29) is 41.6 Å². The molecular formula is C27H45SiTi. The van der Waals surface area contributed by atoms with Crippen LogP contribution in [0, 0.1) is 20.9 Å². The summed E-state index contributed by atoms with van der Waals surface area (Å²) < 4.78 is 0. The van der Waals surface area contributed by atoms with Gasteiger partial charge in [-0.1, -0.05) is 102 Å². The molecule has 0 saturated heterocycles. The minimum atomic E-state index is -1.79. The second-order valence-electron chi connectivity index (χ2n) is 8.45. The van der Waals surface area contributed by atoms with Gasteiger partial charge in [-0.25, -0.2) is 5.57 Å². The molecule has 0 saturated carbocycles. The third-order valence-electron chi connectivity index (χ3n) is 7.04. The van der Waals surface area contributed by atoms with Crippen LogP contribution < -0.4 is 5.19 Å². The summed E-state index contributed by atoms with van der Waals surface area (Å²) in [5.41, 5.74) is 7.49. The van der Waals surface area contributed by atoms with Crippen molar-refractivity contribution in [3.05, 3.63) is 67.0 Å². The molecular weight excluding hydrogens is 400 g/mol. The fourth-order valence-electron chi connectivity index (χ4n) is 5.20. The van der Waals surface area contributed by atoms with E-state index in [4.69, 9.17) is 0 Å². The Morgan fingerprint density at radius 3 is 1.59 bits per heavy atom. The molecule has 0 nitrogen and oxygen atoms in total. The van der Waals surface area contributed by atoms with Crippen molar-refractivity contribution in [1.29, 1.82) is 0 Å². The molecule has 161 valence electrons. The number of rotatable bonds is 8. The number of allylic oxidation sites excluding steroid dienone is 4. The summed E-state index contributed by atoms with van der Waals surface area (Å²) in [4.78, 5) is 0. The number of benzene rings is 1. The van der Waals surface area contributed by atoms with Crippen molar-refractivity contribution in [2.75, 3.05) is 0 Å². The fraction of sp³-hybridized carbons (Fsp3) is 0.556. The topological polar surface area (TPSA) is 0 Å². The summed E-state index contributed by atoms with van der Waals surface area (Å²) in [6, 6.07) is 10.3. The van der Waals surface area contributed by atoms with Crippen LogP contribution in [0.4, 0.5) is 0 Å². The Morgan fingerprint density at radius 2 is 1.28 bits per heavy atom. The van der Waals surface area contributed by atoms with Gasteiger partial charge in [-0.15, -0.1) is 6.92 Å². The van der Waals surface area contributed by atoms with Crippen LogP contribution in [0.25, 0.3) is 0 Å². The smallest absolute Gasteiger partial charge is 0.358 e. The number of aryl methyl sites for hydroxylation is 2. The second kappa shape index (κ2) is 12.5. The van der Waals surface area contributed by atoms with E-state index in [1.807, 2.05) is 0 Å². The fourth-order valence-corrected chi connectivity index (χ4v) is 11.6. The quantitative estimate of drug-likeness (QED) is 0.280. The van der Waals surface area contributed by atoms with Gasteiger partial charge in [0, 0.05) is 0 Å². The van der Waals surface area contributed by atoms with E-state index in [2.05, 4.69) is 79.7 Å². The van der Waals surface area contributed by atoms with Crippen LogP contribution in [0.15, 0.2) is 34.9 Å². The van der Waals surface area contributed by atoms with E-state index < -0.39 is 8.07 Å². The van der Waals surface area contributed by atoms with E-state index in [0.29, 0.717) is 0 Å². The molecule has 0 heterocycles. The van der Waals surface area contributed by atoms with Crippen LogP contribution in [0.5, 0.6) is 0 Å². The minimum Gasteiger partial charge on any atom is -0.358 e. The van der Waals surface area contributed by atoms with Gasteiger partial charge < -0.3 is 14.9 Å². The maximum Gasteiger partial charge on any atom is 3.00 e. The molecule has 0 bridgehead atoms. The Labute approximate surface area is 199 Å². The normalized spacial score (nSPS) is 18.6. The van der Waals surface area contributed by atoms with E-state index in [0.717, 1.165) is 12.8 Å². The zero-order valence-electron chi connectivity index (χ0n) is 21.0. The molecule has 1 aromatic rings. The molecule has 2 rings (SSSR count). The monoisotopic (exact) mass is 445 g/mol.